The first-order valence-corrected chi connectivity index (χ1v) is 15.7. The highest BCUT2D eigenvalue weighted by Crippen LogP contribution is 2.36. The number of hydrogen-bond acceptors (Lipinski definition) is 7. The van der Waals surface area contributed by atoms with Crippen LogP contribution in [-0.4, -0.2) is 29.9 Å². The first kappa shape index (κ1) is 24.2. The van der Waals surface area contributed by atoms with Crippen LogP contribution in [-0.2, 0) is 0 Å². The van der Waals surface area contributed by atoms with Gasteiger partial charge in [-0.1, -0.05) is 121 Å². The highest BCUT2D eigenvalue weighted by atomic mass is 19.1. The molecule has 0 spiro atoms. The van der Waals surface area contributed by atoms with Gasteiger partial charge >= 0.3 is 0 Å². The monoisotopic (exact) mass is 653 g/mol. The largest absolute Gasteiger partial charge is 0.455 e. The molecule has 0 aliphatic carbocycles. The quantitative estimate of drug-likeness (QED) is 0.176. The number of para-hydroxylation sites is 2. The number of aromatic nitrogens is 6. The van der Waals surface area contributed by atoms with E-state index in [4.69, 9.17) is 26.2 Å². The van der Waals surface area contributed by atoms with Crippen molar-refractivity contribution in [1.82, 2.24) is 29.9 Å². The molecule has 0 radical (unpaired) electrons. The van der Waals surface area contributed by atoms with Crippen molar-refractivity contribution in [3.05, 3.63) is 157 Å². The van der Waals surface area contributed by atoms with Crippen LogP contribution in [0.25, 0.3) is 90.3 Å². The van der Waals surface area contributed by atoms with E-state index in [0.29, 0.717) is 33.9 Å². The number of furan rings is 1. The molecule has 0 amide bonds. The molecule has 8 heteroatoms. The molecule has 236 valence electrons. The van der Waals surface area contributed by atoms with Crippen molar-refractivity contribution in [2.24, 2.45) is 0 Å². The summed E-state index contributed by atoms with van der Waals surface area (Å²) >= 11 is 0. The van der Waals surface area contributed by atoms with E-state index in [1.54, 1.807) is 30.3 Å². The molecule has 0 unspecified atom stereocenters. The van der Waals surface area contributed by atoms with Crippen LogP contribution in [0.4, 0.5) is 4.39 Å². The van der Waals surface area contributed by atoms with Gasteiger partial charge in [0.15, 0.2) is 34.9 Å². The molecule has 6 aromatic carbocycles. The highest BCUT2D eigenvalue weighted by molar-refractivity contribution is 6.09. The molecule has 0 saturated carbocycles. The zero-order valence-corrected chi connectivity index (χ0v) is 26.0. The summed E-state index contributed by atoms with van der Waals surface area (Å²) in [6, 6.07) is 33.5. The smallest absolute Gasteiger partial charge is 0.167 e. The van der Waals surface area contributed by atoms with Gasteiger partial charge in [0.25, 0.3) is 0 Å². The molecule has 0 saturated heterocycles. The molecule has 0 aliphatic rings. The summed E-state index contributed by atoms with van der Waals surface area (Å²) in [6.45, 7) is 0. The lowest BCUT2D eigenvalue weighted by molar-refractivity contribution is 0.630. The standard InChI is InChI=1S/C42H25FN6O/c43-34-24-23-29(25-33(34)42-47-37(26-13-4-1-5-14-26)44-38(48-42)27-15-6-2-7-16-27)40-45-39(28-17-8-3-9-18-28)46-41(49-40)32-21-12-20-31-30-19-10-11-22-35(30)50-36(31)32/h1-25H/i1D,4D,5D,13D,14D. The third-order valence-electron chi connectivity index (χ3n) is 8.17. The molecule has 0 fully saturated rings. The van der Waals surface area contributed by atoms with Gasteiger partial charge in [-0.3, -0.25) is 0 Å². The Morgan fingerprint density at radius 2 is 0.980 bits per heavy atom. The predicted molar refractivity (Wildman–Crippen MR) is 193 cm³/mol. The van der Waals surface area contributed by atoms with Crippen LogP contribution in [0.3, 0.4) is 0 Å². The maximum absolute atomic E-state index is 16.0. The number of hydrogen-bond donors (Lipinski definition) is 0. The van der Waals surface area contributed by atoms with Gasteiger partial charge in [0, 0.05) is 33.0 Å². The van der Waals surface area contributed by atoms with E-state index in [1.165, 1.54) is 12.1 Å². The fourth-order valence-electron chi connectivity index (χ4n) is 5.79. The molecule has 0 aliphatic heterocycles. The maximum Gasteiger partial charge on any atom is 0.167 e. The van der Waals surface area contributed by atoms with Gasteiger partial charge in [-0.2, -0.15) is 0 Å². The van der Waals surface area contributed by atoms with Crippen LogP contribution in [0.2, 0.25) is 0 Å². The van der Waals surface area contributed by atoms with Gasteiger partial charge in [-0.25, -0.2) is 34.3 Å². The molecule has 50 heavy (non-hydrogen) atoms. The molecule has 9 aromatic rings. The number of benzene rings is 6. The average Bonchev–Trinajstić information content (AvgIpc) is 3.62. The fraction of sp³-hybridized carbons (Fsp3) is 0. The van der Waals surface area contributed by atoms with Crippen LogP contribution < -0.4 is 0 Å². The van der Waals surface area contributed by atoms with Crippen LogP contribution in [0.1, 0.15) is 6.85 Å². The molecule has 9 rings (SSSR count). The summed E-state index contributed by atoms with van der Waals surface area (Å²) in [4.78, 5) is 28.3. The molecule has 3 heterocycles. The lowest BCUT2D eigenvalue weighted by Gasteiger charge is -2.11. The number of fused-ring (bicyclic) bond motifs is 3. The van der Waals surface area contributed by atoms with Crippen LogP contribution >= 0.6 is 0 Å². The first-order chi connectivity index (χ1) is 26.7. The van der Waals surface area contributed by atoms with Crippen LogP contribution in [0.15, 0.2) is 156 Å². The van der Waals surface area contributed by atoms with Crippen molar-refractivity contribution in [2.75, 3.05) is 0 Å². The summed E-state index contributed by atoms with van der Waals surface area (Å²) < 4.78 is 64.1. The average molecular weight is 654 g/mol. The van der Waals surface area contributed by atoms with E-state index in [9.17, 15) is 0 Å². The SMILES string of the molecule is [2H]c1c([2H])c([2H])c(-c2nc(-c3ccccc3)nc(-c3cc(-c4nc(-c5ccccc5)nc(-c5cccc6c5oc5ccccc56)n4)ccc3F)n2)c([2H])c1[2H]. The third-order valence-corrected chi connectivity index (χ3v) is 8.17. The molecule has 3 aromatic heterocycles. The lowest BCUT2D eigenvalue weighted by Crippen LogP contribution is -2.03. The van der Waals surface area contributed by atoms with Gasteiger partial charge in [0.05, 0.1) is 18.0 Å². The second-order valence-corrected chi connectivity index (χ2v) is 11.3. The van der Waals surface area contributed by atoms with Crippen molar-refractivity contribution in [2.45, 2.75) is 0 Å². The van der Waals surface area contributed by atoms with E-state index in [0.717, 1.165) is 21.9 Å². The molecule has 0 bridgehead atoms. The van der Waals surface area contributed by atoms with Gasteiger partial charge in [-0.15, -0.1) is 0 Å². The second-order valence-electron chi connectivity index (χ2n) is 11.3. The van der Waals surface area contributed by atoms with E-state index in [-0.39, 0.29) is 34.4 Å². The lowest BCUT2D eigenvalue weighted by atomic mass is 10.1. The minimum absolute atomic E-state index is 0.0479. The van der Waals surface area contributed by atoms with Gasteiger partial charge in [0.1, 0.15) is 17.0 Å². The zero-order chi connectivity index (χ0) is 37.8. The Balaban J connectivity index is 1.25. The predicted octanol–water partition coefficient (Wildman–Crippen LogP) is 10.1. The highest BCUT2D eigenvalue weighted by Gasteiger charge is 2.20. The zero-order valence-electron chi connectivity index (χ0n) is 31.0. The Hall–Kier alpha value is -6.93. The number of nitrogens with zero attached hydrogens (tertiary/aromatic N) is 6. The number of rotatable bonds is 6. The van der Waals surface area contributed by atoms with E-state index in [2.05, 4.69) is 15.0 Å². The summed E-state index contributed by atoms with van der Waals surface area (Å²) in [5.41, 5.74) is 3.39. The van der Waals surface area contributed by atoms with Crippen molar-refractivity contribution >= 4 is 21.9 Å². The maximum atomic E-state index is 16.0. The topological polar surface area (TPSA) is 90.5 Å². The Bertz CT molecular complexity index is 2930. The molecule has 7 nitrogen and oxygen atoms in total. The van der Waals surface area contributed by atoms with E-state index in [1.807, 2.05) is 78.9 Å². The Kier molecular flexibility index (Phi) is 5.95. The second kappa shape index (κ2) is 12.3. The van der Waals surface area contributed by atoms with E-state index >= 15 is 4.39 Å². The third kappa shape index (κ3) is 5.35. The minimum Gasteiger partial charge on any atom is -0.455 e. The number of halogens is 1. The Labute approximate surface area is 292 Å². The van der Waals surface area contributed by atoms with Gasteiger partial charge < -0.3 is 4.42 Å². The van der Waals surface area contributed by atoms with Gasteiger partial charge in [-0.05, 0) is 30.3 Å². The molecular weight excluding hydrogens is 624 g/mol. The van der Waals surface area contributed by atoms with E-state index < -0.39 is 36.0 Å². The normalized spacial score (nSPS) is 12.7. The van der Waals surface area contributed by atoms with Crippen molar-refractivity contribution in [1.29, 1.82) is 0 Å². The molecular formula is C42H25FN6O. The Morgan fingerprint density at radius 3 is 1.66 bits per heavy atom. The van der Waals surface area contributed by atoms with Crippen molar-refractivity contribution in [3.63, 3.8) is 0 Å². The Morgan fingerprint density at radius 1 is 0.440 bits per heavy atom. The summed E-state index contributed by atoms with van der Waals surface area (Å²) in [7, 11) is 0. The summed E-state index contributed by atoms with van der Waals surface area (Å²) in [5, 5.41) is 1.86. The fourth-order valence-corrected chi connectivity index (χ4v) is 5.79. The summed E-state index contributed by atoms with van der Waals surface area (Å²) in [6.07, 6.45) is 0. The van der Waals surface area contributed by atoms with Gasteiger partial charge in [0.2, 0.25) is 0 Å². The van der Waals surface area contributed by atoms with Crippen molar-refractivity contribution in [3.8, 4) is 68.3 Å². The minimum atomic E-state index is -0.675. The van der Waals surface area contributed by atoms with Crippen LogP contribution in [0, 0.1) is 5.82 Å². The van der Waals surface area contributed by atoms with Crippen LogP contribution in [0.5, 0.6) is 0 Å². The summed E-state index contributed by atoms with van der Waals surface area (Å²) in [5.74, 6) is 0.0684. The molecule has 0 atom stereocenters. The first-order valence-electron chi connectivity index (χ1n) is 18.2. The van der Waals surface area contributed by atoms with Crippen molar-refractivity contribution < 1.29 is 15.7 Å². The molecule has 0 N–H and O–H groups in total.